The van der Waals surface area contributed by atoms with E-state index in [0.717, 1.165) is 4.47 Å². The van der Waals surface area contributed by atoms with Gasteiger partial charge >= 0.3 is 0 Å². The highest BCUT2D eigenvalue weighted by Gasteiger charge is 2.02. The van der Waals surface area contributed by atoms with Gasteiger partial charge in [0, 0.05) is 12.6 Å². The second-order valence-electron chi connectivity index (χ2n) is 2.24. The third kappa shape index (κ3) is 3.25. The number of hydrogen-bond acceptors (Lipinski definition) is 2. The highest BCUT2D eigenvalue weighted by atomic mass is 79.9. The molecule has 0 amide bonds. The lowest BCUT2D eigenvalue weighted by molar-refractivity contribution is 0.312. The molecule has 1 heterocycles. The number of terminal acetylenes is 1. The molecule has 0 aliphatic carbocycles. The van der Waals surface area contributed by atoms with Crippen LogP contribution < -0.4 is 4.74 Å². The summed E-state index contributed by atoms with van der Waals surface area (Å²) in [6.07, 6.45) is 7.16. The van der Waals surface area contributed by atoms with Crippen LogP contribution in [-0.4, -0.2) is 11.6 Å². The molecule has 0 atom stereocenters. The second-order valence-corrected chi connectivity index (χ2v) is 3.53. The van der Waals surface area contributed by atoms with Crippen molar-refractivity contribution in [2.75, 3.05) is 6.61 Å². The van der Waals surface area contributed by atoms with Crippen LogP contribution in [0.25, 0.3) is 0 Å². The molecule has 1 rings (SSSR count). The fourth-order valence-electron chi connectivity index (χ4n) is 0.715. The van der Waals surface area contributed by atoms with Crippen LogP contribution in [0.15, 0.2) is 16.7 Å². The smallest absolute Gasteiger partial charge is 0.228 e. The molecule has 0 unspecified atom stereocenters. The van der Waals surface area contributed by atoms with Gasteiger partial charge in [0.15, 0.2) is 0 Å². The third-order valence-corrected chi connectivity index (χ3v) is 2.03. The first-order valence-electron chi connectivity index (χ1n) is 3.61. The van der Waals surface area contributed by atoms with Gasteiger partial charge in [-0.1, -0.05) is 11.6 Å². The van der Waals surface area contributed by atoms with Crippen LogP contribution in [0.3, 0.4) is 0 Å². The van der Waals surface area contributed by atoms with Gasteiger partial charge in [-0.2, -0.15) is 0 Å². The van der Waals surface area contributed by atoms with E-state index in [0.29, 0.717) is 23.9 Å². The van der Waals surface area contributed by atoms with Gasteiger partial charge in [0.25, 0.3) is 0 Å². The van der Waals surface area contributed by atoms with Gasteiger partial charge in [0.2, 0.25) is 5.88 Å². The van der Waals surface area contributed by atoms with E-state index in [9.17, 15) is 0 Å². The topological polar surface area (TPSA) is 22.1 Å². The van der Waals surface area contributed by atoms with Gasteiger partial charge in [-0.3, -0.25) is 0 Å². The Labute approximate surface area is 90.4 Å². The summed E-state index contributed by atoms with van der Waals surface area (Å²) >= 11 is 8.97. The monoisotopic (exact) mass is 259 g/mol. The SMILES string of the molecule is C#CCCOc1ncc(Cl)cc1Br. The van der Waals surface area contributed by atoms with Crippen molar-refractivity contribution in [3.63, 3.8) is 0 Å². The summed E-state index contributed by atoms with van der Waals surface area (Å²) in [4.78, 5) is 3.98. The van der Waals surface area contributed by atoms with E-state index >= 15 is 0 Å². The zero-order valence-corrected chi connectivity index (χ0v) is 9.10. The molecule has 0 saturated carbocycles. The molecule has 0 N–H and O–H groups in total. The average molecular weight is 261 g/mol. The van der Waals surface area contributed by atoms with Gasteiger partial charge in [-0.25, -0.2) is 4.98 Å². The Kier molecular flexibility index (Phi) is 4.07. The number of pyridine rings is 1. The minimum Gasteiger partial charge on any atom is -0.476 e. The Morgan fingerprint density at radius 2 is 2.46 bits per heavy atom. The van der Waals surface area contributed by atoms with E-state index in [1.54, 1.807) is 6.07 Å². The normalized spacial score (nSPS) is 9.31. The van der Waals surface area contributed by atoms with Crippen LogP contribution in [-0.2, 0) is 0 Å². The summed E-state index contributed by atoms with van der Waals surface area (Å²) in [5.41, 5.74) is 0. The van der Waals surface area contributed by atoms with Gasteiger partial charge in [-0.15, -0.1) is 12.3 Å². The Hall–Kier alpha value is -0.720. The quantitative estimate of drug-likeness (QED) is 0.616. The third-order valence-electron chi connectivity index (χ3n) is 1.26. The van der Waals surface area contributed by atoms with Crippen LogP contribution in [0.4, 0.5) is 0 Å². The van der Waals surface area contributed by atoms with Crippen LogP contribution >= 0.6 is 27.5 Å². The maximum Gasteiger partial charge on any atom is 0.228 e. The minimum atomic E-state index is 0.462. The molecule has 1 aromatic heterocycles. The van der Waals surface area contributed by atoms with Gasteiger partial charge in [0.05, 0.1) is 9.50 Å². The van der Waals surface area contributed by atoms with Crippen molar-refractivity contribution in [1.82, 2.24) is 4.98 Å². The van der Waals surface area contributed by atoms with Crippen molar-refractivity contribution in [1.29, 1.82) is 0 Å². The first-order chi connectivity index (χ1) is 6.24. The molecule has 0 fully saturated rings. The number of halogens is 2. The van der Waals surface area contributed by atoms with Crippen molar-refractivity contribution < 1.29 is 4.74 Å². The highest BCUT2D eigenvalue weighted by molar-refractivity contribution is 9.10. The molecule has 4 heteroatoms. The van der Waals surface area contributed by atoms with E-state index in [1.807, 2.05) is 0 Å². The fraction of sp³-hybridized carbons (Fsp3) is 0.222. The van der Waals surface area contributed by atoms with Crippen LogP contribution in [0, 0.1) is 12.3 Å². The van der Waals surface area contributed by atoms with Crippen molar-refractivity contribution in [2.24, 2.45) is 0 Å². The average Bonchev–Trinajstić information content (AvgIpc) is 2.09. The van der Waals surface area contributed by atoms with Crippen LogP contribution in [0.2, 0.25) is 5.02 Å². The number of ether oxygens (including phenoxy) is 1. The number of rotatable bonds is 3. The molecule has 0 aliphatic rings. The number of hydrogen-bond donors (Lipinski definition) is 0. The molecule has 2 nitrogen and oxygen atoms in total. The second kappa shape index (κ2) is 5.11. The zero-order valence-electron chi connectivity index (χ0n) is 6.76. The first-order valence-corrected chi connectivity index (χ1v) is 4.78. The fourth-order valence-corrected chi connectivity index (χ4v) is 1.47. The van der Waals surface area contributed by atoms with Gasteiger partial charge < -0.3 is 4.74 Å². The molecule has 0 aliphatic heterocycles. The van der Waals surface area contributed by atoms with E-state index in [4.69, 9.17) is 22.8 Å². The van der Waals surface area contributed by atoms with Crippen molar-refractivity contribution in [3.05, 3.63) is 21.8 Å². The summed E-state index contributed by atoms with van der Waals surface area (Å²) in [5.74, 6) is 2.99. The Morgan fingerprint density at radius 3 is 3.08 bits per heavy atom. The molecule has 0 aromatic carbocycles. The number of aromatic nitrogens is 1. The van der Waals surface area contributed by atoms with E-state index in [1.165, 1.54) is 6.20 Å². The molecule has 13 heavy (non-hydrogen) atoms. The first kappa shape index (κ1) is 10.4. The Morgan fingerprint density at radius 1 is 1.69 bits per heavy atom. The minimum absolute atomic E-state index is 0.462. The largest absolute Gasteiger partial charge is 0.476 e. The maximum absolute atomic E-state index is 5.70. The molecule has 1 aromatic rings. The van der Waals surface area contributed by atoms with E-state index in [-0.39, 0.29) is 0 Å². The highest BCUT2D eigenvalue weighted by Crippen LogP contribution is 2.24. The predicted octanol–water partition coefficient (Wildman–Crippen LogP) is 2.90. The van der Waals surface area contributed by atoms with E-state index < -0.39 is 0 Å². The Balaban J connectivity index is 2.62. The summed E-state index contributed by atoms with van der Waals surface area (Å²) in [6.45, 7) is 0.462. The van der Waals surface area contributed by atoms with Crippen molar-refractivity contribution in [2.45, 2.75) is 6.42 Å². The summed E-state index contributed by atoms with van der Waals surface area (Å²) in [5, 5.41) is 0.566. The molecule has 0 spiro atoms. The summed E-state index contributed by atoms with van der Waals surface area (Å²) in [7, 11) is 0. The van der Waals surface area contributed by atoms with Gasteiger partial charge in [0.1, 0.15) is 6.61 Å². The van der Waals surface area contributed by atoms with Gasteiger partial charge in [-0.05, 0) is 22.0 Å². The molecule has 0 saturated heterocycles. The zero-order chi connectivity index (χ0) is 9.68. The summed E-state index contributed by atoms with van der Waals surface area (Å²) in [6, 6.07) is 1.72. The predicted molar refractivity (Wildman–Crippen MR) is 55.9 cm³/mol. The van der Waals surface area contributed by atoms with Crippen molar-refractivity contribution in [3.8, 4) is 18.2 Å². The van der Waals surface area contributed by atoms with Crippen molar-refractivity contribution >= 4 is 27.5 Å². The Bertz CT molecular complexity index is 335. The lowest BCUT2D eigenvalue weighted by Crippen LogP contribution is -1.98. The molecule has 68 valence electrons. The lowest BCUT2D eigenvalue weighted by Gasteiger charge is -2.04. The maximum atomic E-state index is 5.70. The molecular formula is C9H7BrClNO. The van der Waals surface area contributed by atoms with E-state index in [2.05, 4.69) is 26.8 Å². The number of nitrogens with zero attached hydrogens (tertiary/aromatic N) is 1. The lowest BCUT2D eigenvalue weighted by atomic mass is 10.4. The summed E-state index contributed by atoms with van der Waals surface area (Å²) < 4.78 is 6.01. The molecule has 0 radical (unpaired) electrons. The molecular weight excluding hydrogens is 253 g/mol. The van der Waals surface area contributed by atoms with Crippen LogP contribution in [0.5, 0.6) is 5.88 Å². The standard InChI is InChI=1S/C9H7BrClNO/c1-2-3-4-13-9-8(10)5-7(11)6-12-9/h1,5-6H,3-4H2. The van der Waals surface area contributed by atoms with Crippen LogP contribution in [0.1, 0.15) is 6.42 Å². The molecule has 0 bridgehead atoms.